The topological polar surface area (TPSA) is 55.1 Å². The molecule has 0 aliphatic carbocycles. The smallest absolute Gasteiger partial charge is 0.265 e. The predicted molar refractivity (Wildman–Crippen MR) is 71.0 cm³/mol. The molecule has 0 saturated carbocycles. The van der Waals surface area contributed by atoms with E-state index in [1.807, 2.05) is 18.4 Å². The summed E-state index contributed by atoms with van der Waals surface area (Å²) in [7, 11) is 0. The Hall–Kier alpha value is -2.14. The van der Waals surface area contributed by atoms with Gasteiger partial charge in [-0.3, -0.25) is 4.79 Å². The molecule has 2 aromatic heterocycles. The second-order valence-corrected chi connectivity index (χ2v) is 4.84. The molecule has 18 heavy (non-hydrogen) atoms. The zero-order valence-corrected chi connectivity index (χ0v) is 10.5. The number of hydrogen-bond acceptors (Lipinski definition) is 4. The Morgan fingerprint density at radius 3 is 3.06 bits per heavy atom. The molecule has 0 spiro atoms. The summed E-state index contributed by atoms with van der Waals surface area (Å²) in [6, 6.07) is 7.31. The summed E-state index contributed by atoms with van der Waals surface area (Å²) in [6.07, 6.45) is 1.39. The zero-order valence-electron chi connectivity index (χ0n) is 9.64. The van der Waals surface area contributed by atoms with Crippen molar-refractivity contribution in [2.24, 2.45) is 0 Å². The lowest BCUT2D eigenvalue weighted by atomic mass is 10.2. The molecule has 90 valence electrons. The number of nitrogens with one attached hydrogen (secondary N) is 1. The normalized spacial score (nSPS) is 10.7. The van der Waals surface area contributed by atoms with Gasteiger partial charge in [0.25, 0.3) is 5.91 Å². The molecule has 1 aromatic carbocycles. The maximum atomic E-state index is 12.0. The molecule has 1 N–H and O–H groups in total. The van der Waals surface area contributed by atoms with Gasteiger partial charge in [0.2, 0.25) is 0 Å². The van der Waals surface area contributed by atoms with Crippen LogP contribution in [0.3, 0.4) is 0 Å². The highest BCUT2D eigenvalue weighted by molar-refractivity contribution is 7.12. The highest BCUT2D eigenvalue weighted by atomic mass is 32.1. The van der Waals surface area contributed by atoms with E-state index in [-0.39, 0.29) is 5.91 Å². The lowest BCUT2D eigenvalue weighted by Gasteiger charge is -2.03. The fraction of sp³-hybridized carbons (Fsp3) is 0.0769. The molecule has 0 aliphatic rings. The van der Waals surface area contributed by atoms with Crippen molar-refractivity contribution in [1.29, 1.82) is 0 Å². The van der Waals surface area contributed by atoms with Gasteiger partial charge in [0, 0.05) is 5.69 Å². The summed E-state index contributed by atoms with van der Waals surface area (Å²) < 4.78 is 5.15. The van der Waals surface area contributed by atoms with Gasteiger partial charge in [0.1, 0.15) is 5.52 Å². The third-order valence-electron chi connectivity index (χ3n) is 2.66. The van der Waals surface area contributed by atoms with Crippen molar-refractivity contribution in [3.05, 3.63) is 46.5 Å². The maximum absolute atomic E-state index is 12.0. The van der Waals surface area contributed by atoms with E-state index in [0.29, 0.717) is 11.3 Å². The Morgan fingerprint density at radius 2 is 2.28 bits per heavy atom. The molecule has 0 unspecified atom stereocenters. The van der Waals surface area contributed by atoms with Gasteiger partial charge in [-0.2, -0.15) is 0 Å². The lowest BCUT2D eigenvalue weighted by molar-refractivity contribution is 0.103. The van der Waals surface area contributed by atoms with E-state index >= 15 is 0 Å². The van der Waals surface area contributed by atoms with E-state index < -0.39 is 0 Å². The van der Waals surface area contributed by atoms with E-state index in [1.165, 1.54) is 17.7 Å². The van der Waals surface area contributed by atoms with Crippen molar-refractivity contribution in [3.63, 3.8) is 0 Å². The number of carbonyl (C=O) groups excluding carboxylic acids is 1. The molecular formula is C13H10N2O2S. The Kier molecular flexibility index (Phi) is 2.60. The van der Waals surface area contributed by atoms with Gasteiger partial charge in [-0.05, 0) is 42.1 Å². The molecule has 0 bridgehead atoms. The van der Waals surface area contributed by atoms with Gasteiger partial charge >= 0.3 is 0 Å². The number of fused-ring (bicyclic) bond motifs is 1. The number of thiophene rings is 1. The number of aromatic nitrogens is 1. The third-order valence-corrected chi connectivity index (χ3v) is 3.67. The first-order valence-electron chi connectivity index (χ1n) is 5.43. The molecule has 0 radical (unpaired) electrons. The SMILES string of the molecule is Cc1ccsc1C(=O)Nc1ccc2ocnc2c1. The monoisotopic (exact) mass is 258 g/mol. The van der Waals surface area contributed by atoms with Crippen molar-refractivity contribution in [3.8, 4) is 0 Å². The van der Waals surface area contributed by atoms with Crippen LogP contribution in [0, 0.1) is 6.92 Å². The number of anilines is 1. The van der Waals surface area contributed by atoms with Crippen LogP contribution < -0.4 is 5.32 Å². The van der Waals surface area contributed by atoms with Crippen LogP contribution in [-0.2, 0) is 0 Å². The minimum absolute atomic E-state index is 0.0923. The molecule has 2 heterocycles. The van der Waals surface area contributed by atoms with Gasteiger partial charge in [-0.25, -0.2) is 4.98 Å². The number of hydrogen-bond donors (Lipinski definition) is 1. The first-order chi connectivity index (χ1) is 8.74. The Labute approximate surface area is 107 Å². The predicted octanol–water partition coefficient (Wildman–Crippen LogP) is 3.45. The van der Waals surface area contributed by atoms with Crippen LogP contribution in [0.2, 0.25) is 0 Å². The summed E-state index contributed by atoms with van der Waals surface area (Å²) >= 11 is 1.44. The van der Waals surface area contributed by atoms with Crippen LogP contribution >= 0.6 is 11.3 Å². The number of carbonyl (C=O) groups is 1. The van der Waals surface area contributed by atoms with E-state index in [2.05, 4.69) is 10.3 Å². The van der Waals surface area contributed by atoms with E-state index in [1.54, 1.807) is 18.2 Å². The summed E-state index contributed by atoms with van der Waals surface area (Å²) in [5, 5.41) is 4.76. The van der Waals surface area contributed by atoms with Crippen LogP contribution in [0.1, 0.15) is 15.2 Å². The molecule has 0 fully saturated rings. The molecule has 0 aliphatic heterocycles. The first kappa shape index (κ1) is 11.0. The second-order valence-electron chi connectivity index (χ2n) is 3.92. The van der Waals surface area contributed by atoms with Crippen LogP contribution in [0.15, 0.2) is 40.5 Å². The van der Waals surface area contributed by atoms with Crippen molar-refractivity contribution in [2.75, 3.05) is 5.32 Å². The summed E-state index contributed by atoms with van der Waals surface area (Å²) in [5.74, 6) is -0.0923. The van der Waals surface area contributed by atoms with Crippen LogP contribution in [0.25, 0.3) is 11.1 Å². The number of aryl methyl sites for hydroxylation is 1. The number of oxazole rings is 1. The van der Waals surface area contributed by atoms with Crippen molar-refractivity contribution < 1.29 is 9.21 Å². The minimum atomic E-state index is -0.0923. The molecule has 0 atom stereocenters. The van der Waals surface area contributed by atoms with E-state index in [0.717, 1.165) is 16.0 Å². The molecule has 4 nitrogen and oxygen atoms in total. The van der Waals surface area contributed by atoms with Crippen LogP contribution in [-0.4, -0.2) is 10.9 Å². The zero-order chi connectivity index (χ0) is 12.5. The minimum Gasteiger partial charge on any atom is -0.443 e. The Morgan fingerprint density at radius 1 is 1.39 bits per heavy atom. The fourth-order valence-electron chi connectivity index (χ4n) is 1.73. The van der Waals surface area contributed by atoms with Gasteiger partial charge < -0.3 is 9.73 Å². The van der Waals surface area contributed by atoms with E-state index in [9.17, 15) is 4.79 Å². The molecular weight excluding hydrogens is 248 g/mol. The summed E-state index contributed by atoms with van der Waals surface area (Å²) in [6.45, 7) is 1.92. The van der Waals surface area contributed by atoms with Gasteiger partial charge in [0.05, 0.1) is 4.88 Å². The number of rotatable bonds is 2. The molecule has 3 aromatic rings. The molecule has 3 rings (SSSR count). The Balaban J connectivity index is 1.88. The van der Waals surface area contributed by atoms with E-state index in [4.69, 9.17) is 4.42 Å². The number of nitrogens with zero attached hydrogens (tertiary/aromatic N) is 1. The Bertz CT molecular complexity index is 714. The summed E-state index contributed by atoms with van der Waals surface area (Å²) in [4.78, 5) is 16.8. The fourth-order valence-corrected chi connectivity index (χ4v) is 2.55. The molecule has 1 amide bonds. The third kappa shape index (κ3) is 1.89. The highest BCUT2D eigenvalue weighted by Crippen LogP contribution is 2.20. The highest BCUT2D eigenvalue weighted by Gasteiger charge is 2.11. The van der Waals surface area contributed by atoms with Crippen molar-refractivity contribution in [2.45, 2.75) is 6.92 Å². The van der Waals surface area contributed by atoms with Crippen LogP contribution in [0.4, 0.5) is 5.69 Å². The average molecular weight is 258 g/mol. The maximum Gasteiger partial charge on any atom is 0.265 e. The molecule has 5 heteroatoms. The van der Waals surface area contributed by atoms with Gasteiger partial charge in [-0.15, -0.1) is 11.3 Å². The largest absolute Gasteiger partial charge is 0.443 e. The van der Waals surface area contributed by atoms with Gasteiger partial charge in [-0.1, -0.05) is 0 Å². The average Bonchev–Trinajstić information content (AvgIpc) is 2.96. The summed E-state index contributed by atoms with van der Waals surface area (Å²) in [5.41, 5.74) is 3.14. The number of amides is 1. The van der Waals surface area contributed by atoms with Crippen molar-refractivity contribution >= 4 is 34.0 Å². The number of benzene rings is 1. The van der Waals surface area contributed by atoms with Crippen LogP contribution in [0.5, 0.6) is 0 Å². The standard InChI is InChI=1S/C13H10N2O2S/c1-8-4-5-18-12(8)13(16)15-9-2-3-11-10(6-9)14-7-17-11/h2-7H,1H3,(H,15,16). The lowest BCUT2D eigenvalue weighted by Crippen LogP contribution is -2.11. The quantitative estimate of drug-likeness (QED) is 0.766. The van der Waals surface area contributed by atoms with Gasteiger partial charge in [0.15, 0.2) is 12.0 Å². The van der Waals surface area contributed by atoms with Crippen molar-refractivity contribution in [1.82, 2.24) is 4.98 Å². The second kappa shape index (κ2) is 4.27. The first-order valence-corrected chi connectivity index (χ1v) is 6.31. The molecule has 0 saturated heterocycles.